The zero-order chi connectivity index (χ0) is 7.82. The van der Waals surface area contributed by atoms with Crippen molar-refractivity contribution in [3.8, 4) is 6.07 Å². The molecule has 0 amide bonds. The van der Waals surface area contributed by atoms with Crippen molar-refractivity contribution in [1.29, 1.82) is 5.26 Å². The Balaban J connectivity index is 3.20. The zero-order valence-electron chi connectivity index (χ0n) is 6.14. The first-order chi connectivity index (χ1) is 4.85. The minimum Gasteiger partial charge on any atom is -0.198 e. The van der Waals surface area contributed by atoms with Crippen LogP contribution in [-0.2, 0) is 0 Å². The van der Waals surface area contributed by atoms with Crippen molar-refractivity contribution in [3.63, 3.8) is 0 Å². The molecule has 0 spiro atoms. The molecule has 0 saturated carbocycles. The molecular weight excluding hydrogens is 166 g/mol. The van der Waals surface area contributed by atoms with E-state index >= 15 is 0 Å². The number of nitriles is 1. The molecule has 0 fully saturated rings. The van der Waals surface area contributed by atoms with Gasteiger partial charge in [0.15, 0.2) is 0 Å². The molecule has 10 heavy (non-hydrogen) atoms. The summed E-state index contributed by atoms with van der Waals surface area (Å²) in [6.07, 6.45) is 4.12. The summed E-state index contributed by atoms with van der Waals surface area (Å²) in [4.78, 5) is 0. The summed E-state index contributed by atoms with van der Waals surface area (Å²) in [6, 6.07) is 2.17. The summed E-state index contributed by atoms with van der Waals surface area (Å²) in [6.45, 7) is 0. The Bertz CT molecular complexity index is 111. The van der Waals surface area contributed by atoms with Crippen molar-refractivity contribution in [3.05, 3.63) is 0 Å². The molecule has 0 aromatic rings. The monoisotopic (exact) mass is 177 g/mol. The lowest BCUT2D eigenvalue weighted by Crippen LogP contribution is -1.98. The molecule has 3 heteroatoms. The second kappa shape index (κ2) is 7.24. The first kappa shape index (κ1) is 10.1. The van der Waals surface area contributed by atoms with Crippen LogP contribution in [-0.4, -0.2) is 17.9 Å². The van der Waals surface area contributed by atoms with Gasteiger partial charge in [-0.05, 0) is 24.9 Å². The molecule has 1 atom stereocenters. The average molecular weight is 178 g/mol. The van der Waals surface area contributed by atoms with Crippen molar-refractivity contribution in [2.24, 2.45) is 5.92 Å². The Kier molecular flexibility index (Phi) is 7.33. The van der Waals surface area contributed by atoms with Crippen molar-refractivity contribution >= 4 is 23.4 Å². The van der Waals surface area contributed by atoms with Crippen LogP contribution in [0.1, 0.15) is 12.8 Å². The van der Waals surface area contributed by atoms with Gasteiger partial charge in [-0.3, -0.25) is 0 Å². The molecule has 58 valence electrons. The lowest BCUT2D eigenvalue weighted by Gasteiger charge is -2.01. The highest BCUT2D eigenvalue weighted by atomic mass is 35.5. The van der Waals surface area contributed by atoms with Crippen LogP contribution in [0.4, 0.5) is 0 Å². The van der Waals surface area contributed by atoms with E-state index in [2.05, 4.69) is 12.3 Å². The Morgan fingerprint density at radius 3 is 2.80 bits per heavy atom. The van der Waals surface area contributed by atoms with Gasteiger partial charge in [-0.25, -0.2) is 0 Å². The van der Waals surface area contributed by atoms with Gasteiger partial charge in [0.05, 0.1) is 12.0 Å². The highest BCUT2D eigenvalue weighted by Crippen LogP contribution is 2.09. The van der Waals surface area contributed by atoms with Crippen LogP contribution in [0.2, 0.25) is 0 Å². The molecule has 0 aromatic carbocycles. The van der Waals surface area contributed by atoms with Gasteiger partial charge < -0.3 is 0 Å². The van der Waals surface area contributed by atoms with Crippen molar-refractivity contribution < 1.29 is 0 Å². The molecule has 0 bridgehead atoms. The first-order valence-corrected chi connectivity index (χ1v) is 5.22. The second-order valence-electron chi connectivity index (χ2n) is 2.12. The SMILES string of the molecule is CSCCCC(C#N)CCl. The summed E-state index contributed by atoms with van der Waals surface area (Å²) in [7, 11) is 0. The number of hydrogen-bond donors (Lipinski definition) is 0. The van der Waals surface area contributed by atoms with E-state index in [1.807, 2.05) is 11.8 Å². The fourth-order valence-electron chi connectivity index (χ4n) is 0.650. The number of alkyl halides is 1. The van der Waals surface area contributed by atoms with Gasteiger partial charge in [0, 0.05) is 5.88 Å². The van der Waals surface area contributed by atoms with E-state index in [9.17, 15) is 0 Å². The minimum absolute atomic E-state index is 0.0637. The van der Waals surface area contributed by atoms with E-state index in [0.29, 0.717) is 5.88 Å². The minimum atomic E-state index is 0.0637. The molecule has 0 N–H and O–H groups in total. The Morgan fingerprint density at radius 2 is 2.40 bits per heavy atom. The predicted octanol–water partition coefficient (Wildman–Crippen LogP) is 2.51. The number of hydrogen-bond acceptors (Lipinski definition) is 2. The van der Waals surface area contributed by atoms with E-state index in [-0.39, 0.29) is 5.92 Å². The van der Waals surface area contributed by atoms with Gasteiger partial charge >= 0.3 is 0 Å². The van der Waals surface area contributed by atoms with E-state index in [1.165, 1.54) is 0 Å². The molecule has 0 saturated heterocycles. The van der Waals surface area contributed by atoms with Crippen LogP contribution in [0.15, 0.2) is 0 Å². The molecule has 0 rings (SSSR count). The molecular formula is C7H12ClNS. The summed E-state index contributed by atoms with van der Waals surface area (Å²) in [5.74, 6) is 1.67. The maximum Gasteiger partial charge on any atom is 0.0668 e. The lowest BCUT2D eigenvalue weighted by atomic mass is 10.1. The van der Waals surface area contributed by atoms with Gasteiger partial charge in [-0.2, -0.15) is 17.0 Å². The summed E-state index contributed by atoms with van der Waals surface area (Å²) < 4.78 is 0. The molecule has 0 radical (unpaired) electrons. The maximum absolute atomic E-state index is 8.48. The summed E-state index contributed by atoms with van der Waals surface area (Å²) in [5, 5.41) is 8.48. The Morgan fingerprint density at radius 1 is 1.70 bits per heavy atom. The lowest BCUT2D eigenvalue weighted by molar-refractivity contribution is 0.656. The second-order valence-corrected chi connectivity index (χ2v) is 3.41. The van der Waals surface area contributed by atoms with Crippen LogP contribution in [0, 0.1) is 17.2 Å². The van der Waals surface area contributed by atoms with E-state index < -0.39 is 0 Å². The van der Waals surface area contributed by atoms with Crippen LogP contribution in [0.25, 0.3) is 0 Å². The zero-order valence-corrected chi connectivity index (χ0v) is 7.71. The smallest absolute Gasteiger partial charge is 0.0668 e. The van der Waals surface area contributed by atoms with Gasteiger partial charge in [-0.1, -0.05) is 0 Å². The number of halogens is 1. The largest absolute Gasteiger partial charge is 0.198 e. The number of rotatable bonds is 5. The van der Waals surface area contributed by atoms with Crippen LogP contribution < -0.4 is 0 Å². The molecule has 1 nitrogen and oxygen atoms in total. The Labute approximate surface area is 71.7 Å². The van der Waals surface area contributed by atoms with Crippen LogP contribution in [0.5, 0.6) is 0 Å². The molecule has 0 aliphatic rings. The molecule has 1 unspecified atom stereocenters. The standard InChI is InChI=1S/C7H12ClNS/c1-10-4-2-3-7(5-8)6-9/h7H,2-5H2,1H3. The fraction of sp³-hybridized carbons (Fsp3) is 0.857. The number of nitrogens with zero attached hydrogens (tertiary/aromatic N) is 1. The molecule has 0 aromatic heterocycles. The van der Waals surface area contributed by atoms with Crippen LogP contribution >= 0.6 is 23.4 Å². The van der Waals surface area contributed by atoms with Crippen molar-refractivity contribution in [2.45, 2.75) is 12.8 Å². The molecule has 0 aliphatic carbocycles. The molecule has 0 heterocycles. The highest BCUT2D eigenvalue weighted by molar-refractivity contribution is 7.98. The first-order valence-electron chi connectivity index (χ1n) is 3.29. The maximum atomic E-state index is 8.48. The van der Waals surface area contributed by atoms with Gasteiger partial charge in [0.1, 0.15) is 0 Å². The third-order valence-electron chi connectivity index (χ3n) is 1.27. The van der Waals surface area contributed by atoms with Gasteiger partial charge in [-0.15, -0.1) is 11.6 Å². The fourth-order valence-corrected chi connectivity index (χ4v) is 1.33. The highest BCUT2D eigenvalue weighted by Gasteiger charge is 2.03. The topological polar surface area (TPSA) is 23.8 Å². The average Bonchev–Trinajstić information content (AvgIpc) is 1.99. The third kappa shape index (κ3) is 4.96. The van der Waals surface area contributed by atoms with Crippen molar-refractivity contribution in [2.75, 3.05) is 17.9 Å². The number of thioether (sulfide) groups is 1. The van der Waals surface area contributed by atoms with Crippen LogP contribution in [0.3, 0.4) is 0 Å². The van der Waals surface area contributed by atoms with E-state index in [0.717, 1.165) is 18.6 Å². The van der Waals surface area contributed by atoms with Gasteiger partial charge in [0.25, 0.3) is 0 Å². The van der Waals surface area contributed by atoms with E-state index in [1.54, 1.807) is 0 Å². The Hall–Kier alpha value is 0.130. The predicted molar refractivity (Wildman–Crippen MR) is 47.4 cm³/mol. The third-order valence-corrected chi connectivity index (χ3v) is 2.34. The quantitative estimate of drug-likeness (QED) is 0.476. The molecule has 0 aliphatic heterocycles. The summed E-state index contributed by atoms with van der Waals surface area (Å²) >= 11 is 7.33. The van der Waals surface area contributed by atoms with E-state index in [4.69, 9.17) is 16.9 Å². The van der Waals surface area contributed by atoms with Gasteiger partial charge in [0.2, 0.25) is 0 Å². The van der Waals surface area contributed by atoms with Crippen molar-refractivity contribution in [1.82, 2.24) is 0 Å². The summed E-state index contributed by atoms with van der Waals surface area (Å²) in [5.41, 5.74) is 0. The normalized spacial score (nSPS) is 12.5.